The highest BCUT2D eigenvalue weighted by Crippen LogP contribution is 2.25. The van der Waals surface area contributed by atoms with Gasteiger partial charge in [-0.2, -0.15) is 0 Å². The number of anilines is 1. The third-order valence-electron chi connectivity index (χ3n) is 2.13. The summed E-state index contributed by atoms with van der Waals surface area (Å²) in [6, 6.07) is 1.88. The Kier molecular flexibility index (Phi) is 3.34. The van der Waals surface area contributed by atoms with Crippen LogP contribution in [0.4, 0.5) is 5.82 Å². The molecule has 1 amide bonds. The molecule has 0 fully saturated rings. The molecule has 1 heterocycles. The lowest BCUT2D eigenvalue weighted by Crippen LogP contribution is -2.45. The van der Waals surface area contributed by atoms with Gasteiger partial charge in [0.2, 0.25) is 5.91 Å². The number of nitrogens with zero attached hydrogens (tertiary/aromatic N) is 1. The molecule has 0 aromatic carbocycles. The SMILES string of the molecule is Cc1ccnc(NC(C)(C)C(N)=O)c1Br. The molecule has 0 saturated carbocycles. The van der Waals surface area contributed by atoms with Crippen LogP contribution in [0.15, 0.2) is 16.7 Å². The van der Waals surface area contributed by atoms with Gasteiger partial charge < -0.3 is 11.1 Å². The Bertz CT molecular complexity index is 390. The first-order valence-corrected chi connectivity index (χ1v) is 5.33. The first-order valence-electron chi connectivity index (χ1n) is 4.54. The number of hydrogen-bond acceptors (Lipinski definition) is 3. The van der Waals surface area contributed by atoms with Crippen molar-refractivity contribution in [3.63, 3.8) is 0 Å². The van der Waals surface area contributed by atoms with Gasteiger partial charge in [0.1, 0.15) is 11.4 Å². The van der Waals surface area contributed by atoms with Crippen LogP contribution in [-0.4, -0.2) is 16.4 Å². The van der Waals surface area contributed by atoms with Crippen LogP contribution in [-0.2, 0) is 4.79 Å². The van der Waals surface area contributed by atoms with Gasteiger partial charge in [-0.3, -0.25) is 4.79 Å². The van der Waals surface area contributed by atoms with Crippen molar-refractivity contribution in [2.75, 3.05) is 5.32 Å². The highest BCUT2D eigenvalue weighted by molar-refractivity contribution is 9.10. The zero-order chi connectivity index (χ0) is 11.6. The molecule has 0 unspecified atom stereocenters. The summed E-state index contributed by atoms with van der Waals surface area (Å²) in [4.78, 5) is 15.3. The van der Waals surface area contributed by atoms with Crippen LogP contribution in [0.3, 0.4) is 0 Å². The molecule has 0 bridgehead atoms. The molecule has 0 atom stereocenters. The largest absolute Gasteiger partial charge is 0.368 e. The molecule has 1 aromatic rings. The number of rotatable bonds is 3. The molecule has 1 rings (SSSR count). The van der Waals surface area contributed by atoms with Crippen LogP contribution in [0.5, 0.6) is 0 Å². The van der Waals surface area contributed by atoms with E-state index in [1.807, 2.05) is 13.0 Å². The maximum absolute atomic E-state index is 11.1. The van der Waals surface area contributed by atoms with Gasteiger partial charge in [-0.15, -0.1) is 0 Å². The molecule has 0 radical (unpaired) electrons. The van der Waals surface area contributed by atoms with Crippen molar-refractivity contribution >= 4 is 27.7 Å². The normalized spacial score (nSPS) is 11.2. The van der Waals surface area contributed by atoms with E-state index in [9.17, 15) is 4.79 Å². The predicted molar refractivity (Wildman–Crippen MR) is 63.6 cm³/mol. The minimum atomic E-state index is -0.816. The summed E-state index contributed by atoms with van der Waals surface area (Å²) in [6.07, 6.45) is 1.68. The molecule has 4 nitrogen and oxygen atoms in total. The molecule has 0 saturated heterocycles. The van der Waals surface area contributed by atoms with Gasteiger partial charge in [0, 0.05) is 6.20 Å². The average molecular weight is 272 g/mol. The van der Waals surface area contributed by atoms with E-state index >= 15 is 0 Å². The third kappa shape index (κ3) is 2.68. The maximum atomic E-state index is 11.1. The molecule has 1 aromatic heterocycles. The van der Waals surface area contributed by atoms with Crippen LogP contribution in [0.25, 0.3) is 0 Å². The van der Waals surface area contributed by atoms with E-state index < -0.39 is 11.4 Å². The molecule has 0 spiro atoms. The second kappa shape index (κ2) is 4.18. The number of carbonyl (C=O) groups is 1. The lowest BCUT2D eigenvalue weighted by atomic mass is 10.1. The topological polar surface area (TPSA) is 68.0 Å². The number of nitrogens with one attached hydrogen (secondary N) is 1. The summed E-state index contributed by atoms with van der Waals surface area (Å²) in [5, 5.41) is 2.99. The van der Waals surface area contributed by atoms with E-state index in [4.69, 9.17) is 5.73 Å². The number of aryl methyl sites for hydroxylation is 1. The molecular formula is C10H14BrN3O. The van der Waals surface area contributed by atoms with Crippen LogP contribution in [0.1, 0.15) is 19.4 Å². The average Bonchev–Trinajstić information content (AvgIpc) is 2.12. The fourth-order valence-corrected chi connectivity index (χ4v) is 1.32. The summed E-state index contributed by atoms with van der Waals surface area (Å²) in [5.74, 6) is 0.205. The van der Waals surface area contributed by atoms with Gasteiger partial charge in [-0.05, 0) is 48.3 Å². The van der Waals surface area contributed by atoms with Crippen LogP contribution in [0, 0.1) is 6.92 Å². The van der Waals surface area contributed by atoms with E-state index in [0.29, 0.717) is 5.82 Å². The summed E-state index contributed by atoms with van der Waals surface area (Å²) >= 11 is 3.40. The highest BCUT2D eigenvalue weighted by atomic mass is 79.9. The van der Waals surface area contributed by atoms with Gasteiger partial charge >= 0.3 is 0 Å². The Hall–Kier alpha value is -1.10. The molecule has 15 heavy (non-hydrogen) atoms. The van der Waals surface area contributed by atoms with E-state index in [1.165, 1.54) is 0 Å². The highest BCUT2D eigenvalue weighted by Gasteiger charge is 2.25. The van der Waals surface area contributed by atoms with Gasteiger partial charge in [0.05, 0.1) is 4.47 Å². The number of halogens is 1. The van der Waals surface area contributed by atoms with Gasteiger partial charge in [-0.1, -0.05) is 0 Å². The smallest absolute Gasteiger partial charge is 0.242 e. The molecule has 82 valence electrons. The Morgan fingerprint density at radius 3 is 2.73 bits per heavy atom. The minimum absolute atomic E-state index is 0.419. The van der Waals surface area contributed by atoms with Crippen molar-refractivity contribution in [2.45, 2.75) is 26.3 Å². The van der Waals surface area contributed by atoms with Crippen molar-refractivity contribution in [1.29, 1.82) is 0 Å². The molecular weight excluding hydrogens is 258 g/mol. The Balaban J connectivity index is 3.00. The summed E-state index contributed by atoms with van der Waals surface area (Å²) in [6.45, 7) is 5.38. The van der Waals surface area contributed by atoms with Crippen LogP contribution < -0.4 is 11.1 Å². The van der Waals surface area contributed by atoms with Crippen molar-refractivity contribution in [3.05, 3.63) is 22.3 Å². The number of amides is 1. The first kappa shape index (κ1) is 12.0. The van der Waals surface area contributed by atoms with E-state index in [0.717, 1.165) is 10.0 Å². The number of carbonyl (C=O) groups excluding carboxylic acids is 1. The first-order chi connectivity index (χ1) is 6.84. The van der Waals surface area contributed by atoms with Crippen molar-refractivity contribution in [3.8, 4) is 0 Å². The fraction of sp³-hybridized carbons (Fsp3) is 0.400. The van der Waals surface area contributed by atoms with Gasteiger partial charge in [-0.25, -0.2) is 4.98 Å². The fourth-order valence-electron chi connectivity index (χ4n) is 0.985. The second-order valence-corrected chi connectivity index (χ2v) is 4.70. The number of hydrogen-bond donors (Lipinski definition) is 2. The van der Waals surface area contributed by atoms with Crippen molar-refractivity contribution in [1.82, 2.24) is 4.98 Å². The summed E-state index contributed by atoms with van der Waals surface area (Å²) in [5.41, 5.74) is 5.49. The molecule has 3 N–H and O–H groups in total. The lowest BCUT2D eigenvalue weighted by Gasteiger charge is -2.23. The van der Waals surface area contributed by atoms with E-state index in [-0.39, 0.29) is 0 Å². The van der Waals surface area contributed by atoms with Gasteiger partial charge in [0.15, 0.2) is 0 Å². The van der Waals surface area contributed by atoms with Crippen LogP contribution >= 0.6 is 15.9 Å². The van der Waals surface area contributed by atoms with Gasteiger partial charge in [0.25, 0.3) is 0 Å². The molecule has 0 aliphatic heterocycles. The number of aromatic nitrogens is 1. The van der Waals surface area contributed by atoms with Crippen molar-refractivity contribution < 1.29 is 4.79 Å². The second-order valence-electron chi connectivity index (χ2n) is 3.90. The Morgan fingerprint density at radius 1 is 1.60 bits per heavy atom. The molecule has 0 aliphatic rings. The lowest BCUT2D eigenvalue weighted by molar-refractivity contribution is -0.121. The Labute approximate surface area is 97.4 Å². The third-order valence-corrected chi connectivity index (χ3v) is 3.13. The zero-order valence-corrected chi connectivity index (χ0v) is 10.6. The molecule has 5 heteroatoms. The summed E-state index contributed by atoms with van der Waals surface area (Å²) < 4.78 is 0.847. The molecule has 0 aliphatic carbocycles. The Morgan fingerprint density at radius 2 is 2.20 bits per heavy atom. The standard InChI is InChI=1S/C10H14BrN3O/c1-6-4-5-13-8(7(6)11)14-10(2,3)9(12)15/h4-5H,1-3H3,(H2,12,15)(H,13,14). The number of nitrogens with two attached hydrogens (primary N) is 1. The van der Waals surface area contributed by atoms with Crippen molar-refractivity contribution in [2.24, 2.45) is 5.73 Å². The predicted octanol–water partition coefficient (Wildman–Crippen LogP) is 1.83. The number of primary amides is 1. The van der Waals surface area contributed by atoms with E-state index in [2.05, 4.69) is 26.2 Å². The zero-order valence-electron chi connectivity index (χ0n) is 8.97. The quantitative estimate of drug-likeness (QED) is 0.882. The van der Waals surface area contributed by atoms with Crippen LogP contribution in [0.2, 0.25) is 0 Å². The minimum Gasteiger partial charge on any atom is -0.368 e. The van der Waals surface area contributed by atoms with E-state index in [1.54, 1.807) is 20.0 Å². The monoisotopic (exact) mass is 271 g/mol. The maximum Gasteiger partial charge on any atom is 0.242 e. The summed E-state index contributed by atoms with van der Waals surface area (Å²) in [7, 11) is 0. The number of pyridine rings is 1.